The lowest BCUT2D eigenvalue weighted by Gasteiger charge is -2.28. The summed E-state index contributed by atoms with van der Waals surface area (Å²) >= 11 is 0. The van der Waals surface area contributed by atoms with Crippen molar-refractivity contribution in [1.82, 2.24) is 0 Å². The first-order chi connectivity index (χ1) is 17.1. The van der Waals surface area contributed by atoms with Crippen LogP contribution in [0, 0.1) is 0 Å². The van der Waals surface area contributed by atoms with Crippen LogP contribution in [0.5, 0.6) is 23.0 Å². The number of allylic oxidation sites excluding steroid dienone is 2. The van der Waals surface area contributed by atoms with Crippen LogP contribution in [-0.4, -0.2) is 23.9 Å². The quantitative estimate of drug-likeness (QED) is 0.359. The van der Waals surface area contributed by atoms with E-state index in [1.165, 1.54) is 5.57 Å². The molecule has 0 unspecified atom stereocenters. The maximum absolute atomic E-state index is 13.6. The van der Waals surface area contributed by atoms with Crippen LogP contribution in [0.15, 0.2) is 68.9 Å². The molecular formula is C30H32O6. The van der Waals surface area contributed by atoms with Gasteiger partial charge in [0.1, 0.15) is 47.0 Å². The lowest BCUT2D eigenvalue weighted by molar-refractivity contribution is 0.158. The van der Waals surface area contributed by atoms with Gasteiger partial charge in [0.25, 0.3) is 0 Å². The molecule has 0 bridgehead atoms. The van der Waals surface area contributed by atoms with E-state index in [-0.39, 0.29) is 34.8 Å². The second-order valence-electron chi connectivity index (χ2n) is 9.85. The highest BCUT2D eigenvalue weighted by Gasteiger charge is 2.28. The van der Waals surface area contributed by atoms with Crippen LogP contribution in [-0.2, 0) is 0 Å². The Morgan fingerprint density at radius 2 is 1.64 bits per heavy atom. The molecule has 6 nitrogen and oxygen atoms in total. The standard InChI is InChI=1S/C30H32O6/c1-18(2)12-15-33-21-9-7-20(8-10-21)28-29(34-16-13-19(3)4)27(32)25-24(35-28)17-23-22(26(25)31)11-14-30(5,6)36-23/h7-14,17,31H,15-16H2,1-6H3. The Labute approximate surface area is 211 Å². The van der Waals surface area contributed by atoms with E-state index in [9.17, 15) is 9.90 Å². The van der Waals surface area contributed by atoms with Crippen LogP contribution in [0.4, 0.5) is 0 Å². The summed E-state index contributed by atoms with van der Waals surface area (Å²) in [7, 11) is 0. The van der Waals surface area contributed by atoms with Gasteiger partial charge in [0.2, 0.25) is 11.2 Å². The summed E-state index contributed by atoms with van der Waals surface area (Å²) in [4.78, 5) is 13.6. The molecule has 4 rings (SSSR count). The summed E-state index contributed by atoms with van der Waals surface area (Å²) < 4.78 is 23.9. The molecule has 0 saturated heterocycles. The van der Waals surface area contributed by atoms with E-state index in [0.717, 1.165) is 5.57 Å². The van der Waals surface area contributed by atoms with Crippen LogP contribution >= 0.6 is 0 Å². The number of hydrogen-bond donors (Lipinski definition) is 1. The molecule has 0 atom stereocenters. The lowest BCUT2D eigenvalue weighted by atomic mass is 9.99. The number of fused-ring (bicyclic) bond motifs is 2. The van der Waals surface area contributed by atoms with E-state index in [4.69, 9.17) is 18.6 Å². The number of hydrogen-bond acceptors (Lipinski definition) is 6. The predicted octanol–water partition coefficient (Wildman–Crippen LogP) is 7.04. The van der Waals surface area contributed by atoms with Gasteiger partial charge in [-0.1, -0.05) is 11.1 Å². The van der Waals surface area contributed by atoms with Crippen LogP contribution in [0.25, 0.3) is 28.4 Å². The number of phenols is 1. The van der Waals surface area contributed by atoms with Crippen molar-refractivity contribution in [2.24, 2.45) is 0 Å². The molecule has 1 aliphatic rings. The van der Waals surface area contributed by atoms with Gasteiger partial charge in [-0.05, 0) is 90.1 Å². The Morgan fingerprint density at radius 1 is 1.00 bits per heavy atom. The fraction of sp³-hybridized carbons (Fsp3) is 0.300. The summed E-state index contributed by atoms with van der Waals surface area (Å²) in [5, 5.41) is 11.1. The molecule has 1 aromatic heterocycles. The van der Waals surface area contributed by atoms with Gasteiger partial charge in [0, 0.05) is 11.6 Å². The first-order valence-electron chi connectivity index (χ1n) is 11.9. The molecule has 188 valence electrons. The van der Waals surface area contributed by atoms with Gasteiger partial charge in [-0.25, -0.2) is 0 Å². The molecule has 0 radical (unpaired) electrons. The summed E-state index contributed by atoms with van der Waals surface area (Å²) in [5.41, 5.74) is 2.54. The molecular weight excluding hydrogens is 456 g/mol. The highest BCUT2D eigenvalue weighted by Crippen LogP contribution is 2.43. The molecule has 0 amide bonds. The molecule has 36 heavy (non-hydrogen) atoms. The van der Waals surface area contributed by atoms with Crippen LogP contribution in [0.1, 0.15) is 47.1 Å². The molecule has 0 aliphatic carbocycles. The Balaban J connectivity index is 1.84. The third-order valence-corrected chi connectivity index (χ3v) is 5.72. The molecule has 6 heteroatoms. The van der Waals surface area contributed by atoms with Crippen molar-refractivity contribution < 1.29 is 23.7 Å². The number of ether oxygens (including phenoxy) is 3. The maximum Gasteiger partial charge on any atom is 0.239 e. The lowest BCUT2D eigenvalue weighted by Crippen LogP contribution is -2.27. The van der Waals surface area contributed by atoms with Crippen LogP contribution < -0.4 is 19.6 Å². The Kier molecular flexibility index (Phi) is 6.97. The normalized spacial score (nSPS) is 13.5. The first-order valence-corrected chi connectivity index (χ1v) is 11.9. The molecule has 2 heterocycles. The SMILES string of the molecule is CC(C)=CCOc1ccc(-c2oc3cc4c(c(O)c3c(=O)c2OCC=C(C)C)C=CC(C)(C)O4)cc1. The van der Waals surface area contributed by atoms with Gasteiger partial charge in [0.05, 0.1) is 5.56 Å². The minimum absolute atomic E-state index is 0.0366. The van der Waals surface area contributed by atoms with Crippen molar-refractivity contribution >= 4 is 17.0 Å². The molecule has 0 spiro atoms. The fourth-order valence-electron chi connectivity index (χ4n) is 3.78. The van der Waals surface area contributed by atoms with E-state index < -0.39 is 11.0 Å². The van der Waals surface area contributed by atoms with E-state index >= 15 is 0 Å². The summed E-state index contributed by atoms with van der Waals surface area (Å²) in [5.74, 6) is 1.26. The zero-order valence-corrected chi connectivity index (χ0v) is 21.6. The summed E-state index contributed by atoms with van der Waals surface area (Å²) in [6.45, 7) is 12.4. The highest BCUT2D eigenvalue weighted by atomic mass is 16.5. The average molecular weight is 489 g/mol. The second kappa shape index (κ2) is 9.97. The Morgan fingerprint density at radius 3 is 2.28 bits per heavy atom. The van der Waals surface area contributed by atoms with Crippen molar-refractivity contribution in [3.8, 4) is 34.3 Å². The Hall–Kier alpha value is -3.93. The molecule has 3 aromatic rings. The fourth-order valence-corrected chi connectivity index (χ4v) is 3.78. The molecule has 1 aliphatic heterocycles. The van der Waals surface area contributed by atoms with Gasteiger partial charge >= 0.3 is 0 Å². The van der Waals surface area contributed by atoms with Crippen molar-refractivity contribution in [1.29, 1.82) is 0 Å². The van der Waals surface area contributed by atoms with Gasteiger partial charge in [-0.2, -0.15) is 0 Å². The van der Waals surface area contributed by atoms with E-state index in [1.54, 1.807) is 12.1 Å². The van der Waals surface area contributed by atoms with Gasteiger partial charge < -0.3 is 23.7 Å². The number of phenolic OH excluding ortho intramolecular Hbond substituents is 1. The van der Waals surface area contributed by atoms with E-state index in [0.29, 0.717) is 29.2 Å². The average Bonchev–Trinajstić information content (AvgIpc) is 2.79. The van der Waals surface area contributed by atoms with Crippen molar-refractivity contribution in [3.63, 3.8) is 0 Å². The molecule has 0 saturated carbocycles. The molecule has 1 N–H and O–H groups in total. The van der Waals surface area contributed by atoms with Crippen molar-refractivity contribution in [2.45, 2.75) is 47.1 Å². The zero-order valence-electron chi connectivity index (χ0n) is 21.6. The van der Waals surface area contributed by atoms with E-state index in [2.05, 4.69) is 0 Å². The topological polar surface area (TPSA) is 78.1 Å². The molecule has 2 aromatic carbocycles. The highest BCUT2D eigenvalue weighted by molar-refractivity contribution is 5.93. The minimum atomic E-state index is -0.551. The zero-order chi connectivity index (χ0) is 26.0. The number of benzene rings is 2. The van der Waals surface area contributed by atoms with Gasteiger partial charge in [0.15, 0.2) is 5.76 Å². The Bertz CT molecular complexity index is 1430. The minimum Gasteiger partial charge on any atom is -0.506 e. The monoisotopic (exact) mass is 488 g/mol. The summed E-state index contributed by atoms with van der Waals surface area (Å²) in [6, 6.07) is 8.92. The number of rotatable bonds is 7. The van der Waals surface area contributed by atoms with Gasteiger partial charge in [-0.3, -0.25) is 4.79 Å². The molecule has 0 fully saturated rings. The second-order valence-corrected chi connectivity index (χ2v) is 9.85. The van der Waals surface area contributed by atoms with Gasteiger partial charge in [-0.15, -0.1) is 0 Å². The van der Waals surface area contributed by atoms with Crippen molar-refractivity contribution in [3.05, 3.63) is 75.5 Å². The number of aromatic hydroxyl groups is 1. The van der Waals surface area contributed by atoms with Crippen molar-refractivity contribution in [2.75, 3.05) is 13.2 Å². The first kappa shape index (κ1) is 25.2. The third kappa shape index (κ3) is 5.33. The van der Waals surface area contributed by atoms with Crippen LogP contribution in [0.2, 0.25) is 0 Å². The maximum atomic E-state index is 13.6. The van der Waals surface area contributed by atoms with Crippen LogP contribution in [0.3, 0.4) is 0 Å². The summed E-state index contributed by atoms with van der Waals surface area (Å²) in [6.07, 6.45) is 7.47. The predicted molar refractivity (Wildman–Crippen MR) is 143 cm³/mol. The third-order valence-electron chi connectivity index (χ3n) is 5.72. The smallest absolute Gasteiger partial charge is 0.239 e. The largest absolute Gasteiger partial charge is 0.506 e. The van der Waals surface area contributed by atoms with E-state index in [1.807, 2.05) is 84.0 Å².